The molecule has 0 radical (unpaired) electrons. The van der Waals surface area contributed by atoms with Crippen LogP contribution in [0.5, 0.6) is 0 Å². The molecule has 0 spiro atoms. The predicted molar refractivity (Wildman–Crippen MR) is 70.7 cm³/mol. The fraction of sp³-hybridized carbons (Fsp3) is 0.231. The molecule has 1 aliphatic rings. The molecule has 3 heterocycles. The smallest absolute Gasteiger partial charge is 0.181 e. The maximum absolute atomic E-state index is 5.32. The maximum Gasteiger partial charge on any atom is 0.181 e. The van der Waals surface area contributed by atoms with E-state index in [1.165, 1.54) is 12.1 Å². The van der Waals surface area contributed by atoms with E-state index in [1.54, 1.807) is 11.3 Å². The third-order valence-corrected chi connectivity index (χ3v) is 4.21. The van der Waals surface area contributed by atoms with Crippen LogP contribution < -0.4 is 5.32 Å². The topological polar surface area (TPSA) is 51.0 Å². The first-order valence-electron chi connectivity index (χ1n) is 5.90. The molecule has 1 fully saturated rings. The van der Waals surface area contributed by atoms with Crippen molar-refractivity contribution in [1.29, 1.82) is 0 Å². The number of nitrogens with zero attached hydrogens (tertiary/aromatic N) is 2. The third kappa shape index (κ3) is 1.55. The van der Waals surface area contributed by atoms with Crippen LogP contribution in [0.15, 0.2) is 34.4 Å². The fourth-order valence-corrected chi connectivity index (χ4v) is 2.99. The van der Waals surface area contributed by atoms with Gasteiger partial charge in [-0.15, -0.1) is 11.3 Å². The number of hydrogen-bond acceptors (Lipinski definition) is 5. The molecule has 1 aliphatic heterocycles. The molecule has 0 unspecified atom stereocenters. The molecule has 2 aromatic heterocycles. The summed E-state index contributed by atoms with van der Waals surface area (Å²) in [6, 6.07) is 6.02. The number of rotatable bonds is 2. The van der Waals surface area contributed by atoms with Gasteiger partial charge in [0.25, 0.3) is 0 Å². The van der Waals surface area contributed by atoms with Crippen LogP contribution in [0.4, 0.5) is 0 Å². The van der Waals surface area contributed by atoms with Crippen LogP contribution in [0, 0.1) is 0 Å². The predicted octanol–water partition coefficient (Wildman–Crippen LogP) is 2.64. The van der Waals surface area contributed by atoms with Gasteiger partial charge in [0.2, 0.25) is 0 Å². The molecule has 5 heteroatoms. The highest BCUT2D eigenvalue weighted by Gasteiger charge is 2.21. The quantitative estimate of drug-likeness (QED) is 0.766. The molecule has 4 nitrogen and oxygen atoms in total. The van der Waals surface area contributed by atoms with Gasteiger partial charge in [-0.25, -0.2) is 9.97 Å². The highest BCUT2D eigenvalue weighted by molar-refractivity contribution is 7.13. The van der Waals surface area contributed by atoms with E-state index < -0.39 is 0 Å². The number of oxazole rings is 1. The summed E-state index contributed by atoms with van der Waals surface area (Å²) in [6.45, 7) is 2.09. The summed E-state index contributed by atoms with van der Waals surface area (Å²) in [6.07, 6.45) is 1.47. The molecule has 90 valence electrons. The van der Waals surface area contributed by atoms with Gasteiger partial charge < -0.3 is 9.73 Å². The summed E-state index contributed by atoms with van der Waals surface area (Å²) in [5.74, 6) is 0.587. The highest BCUT2D eigenvalue weighted by atomic mass is 32.1. The zero-order valence-electron chi connectivity index (χ0n) is 9.59. The van der Waals surface area contributed by atoms with Gasteiger partial charge in [0.05, 0.1) is 5.69 Å². The lowest BCUT2D eigenvalue weighted by atomic mass is 10.0. The number of benzene rings is 1. The summed E-state index contributed by atoms with van der Waals surface area (Å²) in [7, 11) is 0. The van der Waals surface area contributed by atoms with E-state index in [1.807, 2.05) is 18.2 Å². The Morgan fingerprint density at radius 1 is 1.33 bits per heavy atom. The first-order valence-corrected chi connectivity index (χ1v) is 6.78. The number of nitrogens with one attached hydrogen (secondary N) is 1. The van der Waals surface area contributed by atoms with Crippen molar-refractivity contribution in [3.05, 3.63) is 35.7 Å². The molecule has 0 atom stereocenters. The highest BCUT2D eigenvalue weighted by Crippen LogP contribution is 2.30. The molecular formula is C13H11N3OS. The van der Waals surface area contributed by atoms with Crippen molar-refractivity contribution in [2.24, 2.45) is 0 Å². The van der Waals surface area contributed by atoms with Crippen LogP contribution in [0.25, 0.3) is 21.7 Å². The van der Waals surface area contributed by atoms with Gasteiger partial charge in [-0.1, -0.05) is 0 Å². The first-order chi connectivity index (χ1) is 8.90. The van der Waals surface area contributed by atoms with Crippen LogP contribution in [-0.2, 0) is 0 Å². The van der Waals surface area contributed by atoms with Crippen LogP contribution in [0.1, 0.15) is 11.6 Å². The second kappa shape index (κ2) is 3.90. The molecule has 3 aromatic rings. The lowest BCUT2D eigenvalue weighted by molar-refractivity contribution is 0.441. The van der Waals surface area contributed by atoms with E-state index in [2.05, 4.69) is 15.7 Å². The number of aromatic nitrogens is 2. The minimum absolute atomic E-state index is 0.587. The van der Waals surface area contributed by atoms with Crippen molar-refractivity contribution in [1.82, 2.24) is 15.3 Å². The average molecular weight is 257 g/mol. The molecule has 1 saturated heterocycles. The molecule has 18 heavy (non-hydrogen) atoms. The van der Waals surface area contributed by atoms with Crippen LogP contribution in [-0.4, -0.2) is 23.1 Å². The van der Waals surface area contributed by atoms with Crippen molar-refractivity contribution in [2.75, 3.05) is 13.1 Å². The molecule has 4 rings (SSSR count). The molecule has 0 bridgehead atoms. The lowest BCUT2D eigenvalue weighted by Gasteiger charge is -2.25. The van der Waals surface area contributed by atoms with E-state index in [4.69, 9.17) is 9.40 Å². The molecule has 0 saturated carbocycles. The molecule has 0 amide bonds. The maximum atomic E-state index is 5.32. The Bertz CT molecular complexity index is 699. The average Bonchev–Trinajstić information content (AvgIpc) is 2.93. The van der Waals surface area contributed by atoms with E-state index in [9.17, 15) is 0 Å². The van der Waals surface area contributed by atoms with Crippen molar-refractivity contribution in [3.8, 4) is 10.6 Å². The summed E-state index contributed by atoms with van der Waals surface area (Å²) in [5.41, 5.74) is 4.00. The van der Waals surface area contributed by atoms with Crippen molar-refractivity contribution in [3.63, 3.8) is 0 Å². The lowest BCUT2D eigenvalue weighted by Crippen LogP contribution is -2.40. The Kier molecular flexibility index (Phi) is 2.21. The van der Waals surface area contributed by atoms with Crippen molar-refractivity contribution < 1.29 is 4.42 Å². The fourth-order valence-electron chi connectivity index (χ4n) is 2.09. The van der Waals surface area contributed by atoms with Gasteiger partial charge in [0, 0.05) is 30.0 Å². The van der Waals surface area contributed by atoms with Crippen LogP contribution in [0.3, 0.4) is 0 Å². The summed E-state index contributed by atoms with van der Waals surface area (Å²) in [5, 5.41) is 6.48. The standard InChI is InChI=1S/C13H11N3OS/c1-2-10-12(17-7-15-10)3-8(1)13-16-11(6-18-13)9-4-14-5-9/h1-3,6-7,9,14H,4-5H2. The molecule has 1 aromatic carbocycles. The normalized spacial score (nSPS) is 16.0. The largest absolute Gasteiger partial charge is 0.443 e. The number of thiazole rings is 1. The van der Waals surface area contributed by atoms with E-state index >= 15 is 0 Å². The Balaban J connectivity index is 1.74. The van der Waals surface area contributed by atoms with E-state index in [0.717, 1.165) is 34.8 Å². The van der Waals surface area contributed by atoms with Crippen molar-refractivity contribution >= 4 is 22.4 Å². The first kappa shape index (κ1) is 10.2. The zero-order chi connectivity index (χ0) is 11.9. The summed E-state index contributed by atoms with van der Waals surface area (Å²) < 4.78 is 5.32. The van der Waals surface area contributed by atoms with Crippen molar-refractivity contribution in [2.45, 2.75) is 5.92 Å². The Morgan fingerprint density at radius 3 is 3.11 bits per heavy atom. The third-order valence-electron chi connectivity index (χ3n) is 3.30. The second-order valence-electron chi connectivity index (χ2n) is 4.47. The monoisotopic (exact) mass is 257 g/mol. The van der Waals surface area contributed by atoms with E-state index in [-0.39, 0.29) is 0 Å². The molecule has 0 aliphatic carbocycles. The van der Waals surface area contributed by atoms with Gasteiger partial charge in [0.1, 0.15) is 10.5 Å². The number of hydrogen-bond donors (Lipinski definition) is 1. The minimum Gasteiger partial charge on any atom is -0.443 e. The van der Waals surface area contributed by atoms with Gasteiger partial charge >= 0.3 is 0 Å². The number of fused-ring (bicyclic) bond motifs is 1. The van der Waals surface area contributed by atoms with Gasteiger partial charge in [-0.3, -0.25) is 0 Å². The van der Waals surface area contributed by atoms with Crippen LogP contribution in [0.2, 0.25) is 0 Å². The molecular weight excluding hydrogens is 246 g/mol. The minimum atomic E-state index is 0.587. The van der Waals surface area contributed by atoms with Gasteiger partial charge in [0.15, 0.2) is 12.0 Å². The second-order valence-corrected chi connectivity index (χ2v) is 5.33. The molecule has 1 N–H and O–H groups in total. The van der Waals surface area contributed by atoms with E-state index in [0.29, 0.717) is 5.92 Å². The SMILES string of the molecule is c1nc2ccc(-c3nc(C4CNC4)cs3)cc2o1. The zero-order valence-corrected chi connectivity index (χ0v) is 10.4. The summed E-state index contributed by atoms with van der Waals surface area (Å²) in [4.78, 5) is 8.83. The summed E-state index contributed by atoms with van der Waals surface area (Å²) >= 11 is 1.69. The van der Waals surface area contributed by atoms with Gasteiger partial charge in [-0.2, -0.15) is 0 Å². The van der Waals surface area contributed by atoms with Gasteiger partial charge in [-0.05, 0) is 18.2 Å². The Hall–Kier alpha value is -1.72. The Morgan fingerprint density at radius 2 is 2.28 bits per heavy atom. The van der Waals surface area contributed by atoms with Crippen LogP contribution >= 0.6 is 11.3 Å². The Labute approximate surface area is 108 Å².